The number of benzene rings is 2. The zero-order valence-corrected chi connectivity index (χ0v) is 12.5. The number of ketones is 1. The number of hydrogen-bond donors (Lipinski definition) is 0. The standard InChI is InChI=1S/C16H12Cl2O3/c17-11-6-5-10(7-12(11)18)8-13(19)16-9-20-14-3-1-2-4-15(14)21-16/h1-7,16H,8-9H2. The van der Waals surface area contributed by atoms with Crippen LogP contribution in [0.1, 0.15) is 5.56 Å². The number of carbonyl (C=O) groups is 1. The van der Waals surface area contributed by atoms with Gasteiger partial charge < -0.3 is 9.47 Å². The van der Waals surface area contributed by atoms with Gasteiger partial charge in [0, 0.05) is 6.42 Å². The lowest BCUT2D eigenvalue weighted by Gasteiger charge is -2.25. The van der Waals surface area contributed by atoms with Crippen molar-refractivity contribution in [1.29, 1.82) is 0 Å². The molecule has 2 aromatic rings. The summed E-state index contributed by atoms with van der Waals surface area (Å²) >= 11 is 11.8. The summed E-state index contributed by atoms with van der Waals surface area (Å²) in [7, 11) is 0. The second-order valence-corrected chi connectivity index (χ2v) is 5.57. The molecule has 0 N–H and O–H groups in total. The molecule has 0 aromatic heterocycles. The van der Waals surface area contributed by atoms with E-state index in [1.54, 1.807) is 24.3 Å². The van der Waals surface area contributed by atoms with Crippen LogP contribution in [-0.2, 0) is 11.2 Å². The first-order valence-electron chi connectivity index (χ1n) is 6.48. The maximum Gasteiger partial charge on any atom is 0.191 e. The molecule has 0 aliphatic carbocycles. The molecule has 0 fully saturated rings. The molecule has 3 nitrogen and oxygen atoms in total. The second kappa shape index (κ2) is 5.96. The predicted molar refractivity (Wildman–Crippen MR) is 81.5 cm³/mol. The lowest BCUT2D eigenvalue weighted by molar-refractivity contribution is -0.127. The molecule has 3 rings (SSSR count). The Bertz CT molecular complexity index is 685. The van der Waals surface area contributed by atoms with Crippen LogP contribution in [0.4, 0.5) is 0 Å². The van der Waals surface area contributed by atoms with Crippen LogP contribution in [0.5, 0.6) is 11.5 Å². The van der Waals surface area contributed by atoms with Crippen LogP contribution >= 0.6 is 23.2 Å². The third-order valence-corrected chi connectivity index (χ3v) is 3.97. The summed E-state index contributed by atoms with van der Waals surface area (Å²) in [5.41, 5.74) is 0.803. The number of halogens is 2. The predicted octanol–water partition coefficient (Wildman–Crippen LogP) is 3.95. The average molecular weight is 323 g/mol. The van der Waals surface area contributed by atoms with E-state index in [0.717, 1.165) is 5.56 Å². The van der Waals surface area contributed by atoms with Crippen LogP contribution in [0.3, 0.4) is 0 Å². The molecule has 0 saturated heterocycles. The molecule has 1 aliphatic rings. The quantitative estimate of drug-likeness (QED) is 0.858. The minimum absolute atomic E-state index is 0.0529. The zero-order chi connectivity index (χ0) is 14.8. The monoisotopic (exact) mass is 322 g/mol. The van der Waals surface area contributed by atoms with Crippen molar-refractivity contribution in [3.63, 3.8) is 0 Å². The van der Waals surface area contributed by atoms with Crippen molar-refractivity contribution in [1.82, 2.24) is 0 Å². The van der Waals surface area contributed by atoms with E-state index in [9.17, 15) is 4.79 Å². The first kappa shape index (κ1) is 14.2. The minimum atomic E-state index is -0.602. The molecule has 0 spiro atoms. The SMILES string of the molecule is O=C(Cc1ccc(Cl)c(Cl)c1)C1COc2ccccc2O1. The van der Waals surface area contributed by atoms with Crippen LogP contribution in [0.2, 0.25) is 10.0 Å². The largest absolute Gasteiger partial charge is 0.485 e. The Kier molecular flexibility index (Phi) is 4.04. The fraction of sp³-hybridized carbons (Fsp3) is 0.188. The van der Waals surface area contributed by atoms with E-state index in [1.165, 1.54) is 0 Å². The van der Waals surface area contributed by atoms with Crippen LogP contribution in [0.25, 0.3) is 0 Å². The van der Waals surface area contributed by atoms with Gasteiger partial charge in [0.15, 0.2) is 23.4 Å². The third kappa shape index (κ3) is 3.14. The van der Waals surface area contributed by atoms with Gasteiger partial charge in [-0.3, -0.25) is 4.79 Å². The van der Waals surface area contributed by atoms with Crippen molar-refractivity contribution >= 4 is 29.0 Å². The molecule has 0 bridgehead atoms. The van der Waals surface area contributed by atoms with E-state index >= 15 is 0 Å². The average Bonchev–Trinajstić information content (AvgIpc) is 2.50. The molecule has 0 radical (unpaired) electrons. The van der Waals surface area contributed by atoms with Crippen molar-refractivity contribution in [3.8, 4) is 11.5 Å². The molecule has 2 aromatic carbocycles. The number of rotatable bonds is 3. The fourth-order valence-electron chi connectivity index (χ4n) is 2.14. The van der Waals surface area contributed by atoms with Gasteiger partial charge >= 0.3 is 0 Å². The van der Waals surface area contributed by atoms with Crippen LogP contribution in [0.15, 0.2) is 42.5 Å². The van der Waals surface area contributed by atoms with Gasteiger partial charge in [0.2, 0.25) is 0 Å². The maximum atomic E-state index is 12.3. The summed E-state index contributed by atoms with van der Waals surface area (Å²) in [5.74, 6) is 1.20. The first-order valence-corrected chi connectivity index (χ1v) is 7.24. The van der Waals surface area contributed by atoms with Gasteiger partial charge in [-0.15, -0.1) is 0 Å². The second-order valence-electron chi connectivity index (χ2n) is 4.76. The molecule has 1 atom stereocenters. The molecule has 1 aliphatic heterocycles. The van der Waals surface area contributed by atoms with E-state index in [2.05, 4.69) is 0 Å². The summed E-state index contributed by atoms with van der Waals surface area (Å²) in [6, 6.07) is 12.5. The van der Waals surface area contributed by atoms with Crippen LogP contribution < -0.4 is 9.47 Å². The van der Waals surface area contributed by atoms with E-state index in [1.807, 2.05) is 18.2 Å². The molecule has 1 heterocycles. The van der Waals surface area contributed by atoms with Gasteiger partial charge in [0.25, 0.3) is 0 Å². The van der Waals surface area contributed by atoms with Crippen molar-refractivity contribution < 1.29 is 14.3 Å². The Hall–Kier alpha value is -1.71. The number of hydrogen-bond acceptors (Lipinski definition) is 3. The normalized spacial score (nSPS) is 16.6. The lowest BCUT2D eigenvalue weighted by Crippen LogP contribution is -2.37. The first-order chi connectivity index (χ1) is 10.1. The highest BCUT2D eigenvalue weighted by Gasteiger charge is 2.27. The van der Waals surface area contributed by atoms with Crippen molar-refractivity contribution in [2.24, 2.45) is 0 Å². The summed E-state index contributed by atoms with van der Waals surface area (Å²) in [6.45, 7) is 0.219. The van der Waals surface area contributed by atoms with Gasteiger partial charge in [-0.25, -0.2) is 0 Å². The molecular formula is C16H12Cl2O3. The highest BCUT2D eigenvalue weighted by molar-refractivity contribution is 6.42. The Morgan fingerprint density at radius 3 is 2.62 bits per heavy atom. The highest BCUT2D eigenvalue weighted by Crippen LogP contribution is 2.31. The van der Waals surface area contributed by atoms with E-state index in [4.69, 9.17) is 32.7 Å². The Morgan fingerprint density at radius 1 is 1.10 bits per heavy atom. The van der Waals surface area contributed by atoms with E-state index in [-0.39, 0.29) is 18.8 Å². The smallest absolute Gasteiger partial charge is 0.191 e. The van der Waals surface area contributed by atoms with Gasteiger partial charge in [-0.2, -0.15) is 0 Å². The van der Waals surface area contributed by atoms with Gasteiger partial charge in [-0.05, 0) is 29.8 Å². The number of fused-ring (bicyclic) bond motifs is 1. The summed E-state index contributed by atoms with van der Waals surface area (Å²) in [6.07, 6.45) is -0.373. The highest BCUT2D eigenvalue weighted by atomic mass is 35.5. The van der Waals surface area contributed by atoms with Gasteiger partial charge in [0.1, 0.15) is 6.61 Å². The molecule has 0 amide bonds. The molecule has 0 saturated carbocycles. The van der Waals surface area contributed by atoms with Gasteiger partial charge in [-0.1, -0.05) is 41.4 Å². The summed E-state index contributed by atoms with van der Waals surface area (Å²) < 4.78 is 11.2. The van der Waals surface area contributed by atoms with Crippen molar-refractivity contribution in [2.75, 3.05) is 6.61 Å². The molecule has 108 valence electrons. The van der Waals surface area contributed by atoms with E-state index in [0.29, 0.717) is 21.5 Å². The summed E-state index contributed by atoms with van der Waals surface area (Å²) in [5, 5.41) is 0.909. The Morgan fingerprint density at radius 2 is 1.86 bits per heavy atom. The number of para-hydroxylation sites is 2. The molecule has 21 heavy (non-hydrogen) atoms. The summed E-state index contributed by atoms with van der Waals surface area (Å²) in [4.78, 5) is 12.3. The maximum absolute atomic E-state index is 12.3. The minimum Gasteiger partial charge on any atom is -0.485 e. The van der Waals surface area contributed by atoms with Crippen molar-refractivity contribution in [2.45, 2.75) is 12.5 Å². The number of carbonyl (C=O) groups excluding carboxylic acids is 1. The zero-order valence-electron chi connectivity index (χ0n) is 11.0. The van der Waals surface area contributed by atoms with E-state index < -0.39 is 6.10 Å². The third-order valence-electron chi connectivity index (χ3n) is 3.23. The Labute approximate surface area is 132 Å². The van der Waals surface area contributed by atoms with Gasteiger partial charge in [0.05, 0.1) is 10.0 Å². The lowest BCUT2D eigenvalue weighted by atomic mass is 10.1. The fourth-order valence-corrected chi connectivity index (χ4v) is 2.46. The Balaban J connectivity index is 1.70. The molecule has 5 heteroatoms. The van der Waals surface area contributed by atoms with Crippen molar-refractivity contribution in [3.05, 3.63) is 58.1 Å². The van der Waals surface area contributed by atoms with Crippen LogP contribution in [-0.4, -0.2) is 18.5 Å². The van der Waals surface area contributed by atoms with Crippen LogP contribution in [0, 0.1) is 0 Å². The topological polar surface area (TPSA) is 35.5 Å². The molecular weight excluding hydrogens is 311 g/mol. The molecule has 1 unspecified atom stereocenters. The number of ether oxygens (including phenoxy) is 2. The number of Topliss-reactive ketones (excluding diaryl/α,β-unsaturated/α-hetero) is 1.